The molecule has 0 bridgehead atoms. The standard InChI is InChI=1S/C11H16N4O3S/c1-14(5-6-19-2)11(16)9-7-8(15(17)18)3-4-10(9)13-12/h3-4,7,13H,5-6,12H2,1-2H3. The van der Waals surface area contributed by atoms with Gasteiger partial charge in [-0.1, -0.05) is 0 Å². The van der Waals surface area contributed by atoms with Crippen molar-refractivity contribution in [3.05, 3.63) is 33.9 Å². The van der Waals surface area contributed by atoms with Gasteiger partial charge in [0.25, 0.3) is 11.6 Å². The maximum atomic E-state index is 12.2. The second kappa shape index (κ2) is 6.95. The number of hydrogen-bond acceptors (Lipinski definition) is 6. The van der Waals surface area contributed by atoms with Crippen LogP contribution in [0, 0.1) is 10.1 Å². The first-order chi connectivity index (χ1) is 9.01. The van der Waals surface area contributed by atoms with Crippen molar-refractivity contribution in [2.24, 2.45) is 5.84 Å². The average Bonchev–Trinajstić information content (AvgIpc) is 2.42. The highest BCUT2D eigenvalue weighted by Crippen LogP contribution is 2.22. The number of nitro groups is 1. The highest BCUT2D eigenvalue weighted by atomic mass is 32.2. The predicted octanol–water partition coefficient (Wildman–Crippen LogP) is 1.32. The first-order valence-electron chi connectivity index (χ1n) is 5.50. The summed E-state index contributed by atoms with van der Waals surface area (Å²) in [7, 11) is 1.65. The van der Waals surface area contributed by atoms with Crippen molar-refractivity contribution >= 4 is 29.0 Å². The van der Waals surface area contributed by atoms with Gasteiger partial charge in [-0.15, -0.1) is 0 Å². The largest absolute Gasteiger partial charge is 0.341 e. The highest BCUT2D eigenvalue weighted by molar-refractivity contribution is 7.98. The van der Waals surface area contributed by atoms with Gasteiger partial charge in [0.15, 0.2) is 0 Å². The smallest absolute Gasteiger partial charge is 0.270 e. The molecular formula is C11H16N4O3S. The molecule has 0 fully saturated rings. The van der Waals surface area contributed by atoms with Gasteiger partial charge in [-0.3, -0.25) is 20.8 Å². The Bertz CT molecular complexity index is 481. The molecule has 8 heteroatoms. The lowest BCUT2D eigenvalue weighted by molar-refractivity contribution is -0.384. The molecule has 0 saturated heterocycles. The third-order valence-electron chi connectivity index (χ3n) is 2.58. The number of non-ortho nitro benzene ring substituents is 1. The second-order valence-electron chi connectivity index (χ2n) is 3.85. The molecule has 1 amide bonds. The van der Waals surface area contributed by atoms with Crippen LogP contribution in [-0.4, -0.2) is 41.3 Å². The summed E-state index contributed by atoms with van der Waals surface area (Å²) in [5, 5.41) is 10.7. The van der Waals surface area contributed by atoms with Crippen molar-refractivity contribution in [2.45, 2.75) is 0 Å². The van der Waals surface area contributed by atoms with Crippen LogP contribution in [0.1, 0.15) is 10.4 Å². The molecule has 1 rings (SSSR count). The molecular weight excluding hydrogens is 268 g/mol. The Morgan fingerprint density at radius 2 is 2.26 bits per heavy atom. The maximum absolute atomic E-state index is 12.2. The zero-order valence-electron chi connectivity index (χ0n) is 10.8. The molecule has 0 aliphatic heterocycles. The average molecular weight is 284 g/mol. The van der Waals surface area contributed by atoms with Crippen molar-refractivity contribution < 1.29 is 9.72 Å². The quantitative estimate of drug-likeness (QED) is 0.464. The topological polar surface area (TPSA) is 102 Å². The summed E-state index contributed by atoms with van der Waals surface area (Å²) in [5.74, 6) is 5.81. The van der Waals surface area contributed by atoms with Crippen LogP contribution in [0.2, 0.25) is 0 Å². The lowest BCUT2D eigenvalue weighted by Gasteiger charge is -2.18. The number of nitrogen functional groups attached to an aromatic ring is 1. The van der Waals surface area contributed by atoms with E-state index in [1.54, 1.807) is 18.8 Å². The lowest BCUT2D eigenvalue weighted by Crippen LogP contribution is -2.30. The number of rotatable bonds is 6. The summed E-state index contributed by atoms with van der Waals surface area (Å²) in [6.07, 6.45) is 1.94. The third-order valence-corrected chi connectivity index (χ3v) is 3.17. The Morgan fingerprint density at radius 1 is 1.58 bits per heavy atom. The van der Waals surface area contributed by atoms with E-state index in [1.165, 1.54) is 23.1 Å². The summed E-state index contributed by atoms with van der Waals surface area (Å²) >= 11 is 1.62. The minimum atomic E-state index is -0.543. The first-order valence-corrected chi connectivity index (χ1v) is 6.90. The molecule has 7 nitrogen and oxygen atoms in total. The third kappa shape index (κ3) is 3.83. The number of amides is 1. The number of benzene rings is 1. The number of nitrogens with one attached hydrogen (secondary N) is 1. The molecule has 0 aliphatic rings. The lowest BCUT2D eigenvalue weighted by atomic mass is 10.1. The molecule has 1 aromatic carbocycles. The molecule has 0 atom stereocenters. The number of nitro benzene ring substituents is 1. The Kier molecular flexibility index (Phi) is 5.58. The molecule has 0 aromatic heterocycles. The van der Waals surface area contributed by atoms with Gasteiger partial charge in [-0.05, 0) is 12.3 Å². The van der Waals surface area contributed by atoms with E-state index in [9.17, 15) is 14.9 Å². The van der Waals surface area contributed by atoms with E-state index < -0.39 is 4.92 Å². The van der Waals surface area contributed by atoms with Crippen molar-refractivity contribution in [3.8, 4) is 0 Å². The van der Waals surface area contributed by atoms with Crippen LogP contribution in [-0.2, 0) is 0 Å². The van der Waals surface area contributed by atoms with Crippen LogP contribution in [0.4, 0.5) is 11.4 Å². The van der Waals surface area contributed by atoms with Gasteiger partial charge < -0.3 is 10.3 Å². The van der Waals surface area contributed by atoms with Gasteiger partial charge in [0.1, 0.15) is 0 Å². The summed E-state index contributed by atoms with van der Waals surface area (Å²) in [5.41, 5.74) is 2.80. The van der Waals surface area contributed by atoms with Crippen molar-refractivity contribution in [1.82, 2.24) is 4.90 Å². The van der Waals surface area contributed by atoms with Crippen molar-refractivity contribution in [1.29, 1.82) is 0 Å². The molecule has 19 heavy (non-hydrogen) atoms. The molecule has 104 valence electrons. The molecule has 3 N–H and O–H groups in total. The van der Waals surface area contributed by atoms with E-state index in [-0.39, 0.29) is 17.2 Å². The SMILES string of the molecule is CSCCN(C)C(=O)c1cc([N+](=O)[O-])ccc1NN. The number of hydrogen-bond donors (Lipinski definition) is 2. The molecule has 0 radical (unpaired) electrons. The molecule has 0 heterocycles. The number of hydrazine groups is 1. The monoisotopic (exact) mass is 284 g/mol. The molecule has 1 aromatic rings. The fourth-order valence-corrected chi connectivity index (χ4v) is 1.94. The Hall–Kier alpha value is -1.80. The Balaban J connectivity index is 3.05. The van der Waals surface area contributed by atoms with Crippen LogP contribution < -0.4 is 11.3 Å². The summed E-state index contributed by atoms with van der Waals surface area (Å²) < 4.78 is 0. The number of carbonyl (C=O) groups excluding carboxylic acids is 1. The van der Waals surface area contributed by atoms with E-state index in [1.807, 2.05) is 6.26 Å². The van der Waals surface area contributed by atoms with Gasteiger partial charge in [0.05, 0.1) is 16.2 Å². The van der Waals surface area contributed by atoms with E-state index in [0.717, 1.165) is 5.75 Å². The van der Waals surface area contributed by atoms with E-state index in [4.69, 9.17) is 5.84 Å². The first kappa shape index (κ1) is 15.3. The van der Waals surface area contributed by atoms with Crippen LogP contribution in [0.3, 0.4) is 0 Å². The van der Waals surface area contributed by atoms with E-state index >= 15 is 0 Å². The minimum Gasteiger partial charge on any atom is -0.341 e. The van der Waals surface area contributed by atoms with Gasteiger partial charge in [-0.2, -0.15) is 11.8 Å². The molecule has 0 saturated carbocycles. The van der Waals surface area contributed by atoms with Crippen LogP contribution in [0.15, 0.2) is 18.2 Å². The predicted molar refractivity (Wildman–Crippen MR) is 76.2 cm³/mol. The van der Waals surface area contributed by atoms with Crippen LogP contribution >= 0.6 is 11.8 Å². The van der Waals surface area contributed by atoms with Crippen molar-refractivity contribution in [3.63, 3.8) is 0 Å². The zero-order valence-corrected chi connectivity index (χ0v) is 11.6. The molecule has 0 unspecified atom stereocenters. The fourth-order valence-electron chi connectivity index (χ4n) is 1.48. The fraction of sp³-hybridized carbons (Fsp3) is 0.364. The Morgan fingerprint density at radius 3 is 2.79 bits per heavy atom. The number of anilines is 1. The summed E-state index contributed by atoms with van der Waals surface area (Å²) in [6, 6.07) is 3.95. The summed E-state index contributed by atoms with van der Waals surface area (Å²) in [4.78, 5) is 23.9. The van der Waals surface area contributed by atoms with E-state index in [0.29, 0.717) is 12.2 Å². The minimum absolute atomic E-state index is 0.138. The van der Waals surface area contributed by atoms with Crippen LogP contribution in [0.5, 0.6) is 0 Å². The van der Waals surface area contributed by atoms with E-state index in [2.05, 4.69) is 5.43 Å². The van der Waals surface area contributed by atoms with Gasteiger partial charge in [-0.25, -0.2) is 0 Å². The zero-order chi connectivity index (χ0) is 14.4. The van der Waals surface area contributed by atoms with Gasteiger partial charge >= 0.3 is 0 Å². The number of nitrogens with two attached hydrogens (primary N) is 1. The number of carbonyl (C=O) groups is 1. The summed E-state index contributed by atoms with van der Waals surface area (Å²) in [6.45, 7) is 0.562. The molecule has 0 spiro atoms. The second-order valence-corrected chi connectivity index (χ2v) is 4.84. The molecule has 0 aliphatic carbocycles. The van der Waals surface area contributed by atoms with Crippen LogP contribution in [0.25, 0.3) is 0 Å². The number of nitrogens with zero attached hydrogens (tertiary/aromatic N) is 2. The Labute approximate surface area is 115 Å². The van der Waals surface area contributed by atoms with Crippen molar-refractivity contribution in [2.75, 3.05) is 31.0 Å². The highest BCUT2D eigenvalue weighted by Gasteiger charge is 2.19. The van der Waals surface area contributed by atoms with Gasteiger partial charge in [0, 0.05) is 31.5 Å². The van der Waals surface area contributed by atoms with Gasteiger partial charge in [0.2, 0.25) is 0 Å². The number of thioether (sulfide) groups is 1. The maximum Gasteiger partial charge on any atom is 0.270 e. The normalized spacial score (nSPS) is 10.1.